The summed E-state index contributed by atoms with van der Waals surface area (Å²) in [4.78, 5) is 34.0. The van der Waals surface area contributed by atoms with Crippen molar-refractivity contribution in [3.63, 3.8) is 0 Å². The molecule has 0 unspecified atom stereocenters. The number of hydrogen-bond donors (Lipinski definition) is 1. The minimum atomic E-state index is -0.391. The first-order valence-corrected chi connectivity index (χ1v) is 10.2. The van der Waals surface area contributed by atoms with E-state index in [1.54, 1.807) is 25.3 Å². The molecule has 3 aromatic heterocycles. The fourth-order valence-electron chi connectivity index (χ4n) is 2.61. The van der Waals surface area contributed by atoms with Crippen LogP contribution in [0.15, 0.2) is 47.0 Å². The lowest BCUT2D eigenvalue weighted by Crippen LogP contribution is -2.24. The first kappa shape index (κ1) is 19.2. The van der Waals surface area contributed by atoms with Gasteiger partial charge in [0, 0.05) is 11.6 Å². The van der Waals surface area contributed by atoms with Crippen molar-refractivity contribution in [1.82, 2.24) is 29.6 Å². The van der Waals surface area contributed by atoms with E-state index in [-0.39, 0.29) is 18.3 Å². The molecule has 0 aliphatic rings. The van der Waals surface area contributed by atoms with Crippen LogP contribution in [0.3, 0.4) is 0 Å². The van der Waals surface area contributed by atoms with Crippen LogP contribution in [0.2, 0.25) is 0 Å². The Hall–Kier alpha value is -3.18. The molecule has 0 saturated heterocycles. The lowest BCUT2D eigenvalue weighted by Gasteiger charge is -2.00. The molecular formula is C18H15FN6O2S2. The minimum absolute atomic E-state index is 0.206. The fourth-order valence-corrected chi connectivity index (χ4v) is 4.11. The maximum absolute atomic E-state index is 13.0. The van der Waals surface area contributed by atoms with Crippen molar-refractivity contribution >= 4 is 28.6 Å². The van der Waals surface area contributed by atoms with Gasteiger partial charge in [-0.15, -0.1) is 11.3 Å². The minimum Gasteiger partial charge on any atom is -0.345 e. The molecule has 0 aliphatic heterocycles. The molecule has 1 amide bonds. The standard InChI is InChI=1S/C18H15FN6O2S2/c1-11-15(16(26)21-8-14-20-6-7-28-14)29-17(23-11)24-10-22-25(18(24)27)9-12-2-4-13(19)5-3-12/h2-7,10H,8-9H2,1H3,(H,21,26). The highest BCUT2D eigenvalue weighted by molar-refractivity contribution is 7.16. The number of halogens is 1. The third-order valence-corrected chi connectivity index (χ3v) is 6.00. The van der Waals surface area contributed by atoms with E-state index in [0.29, 0.717) is 22.2 Å². The largest absolute Gasteiger partial charge is 0.352 e. The van der Waals surface area contributed by atoms with Crippen molar-refractivity contribution in [2.45, 2.75) is 20.0 Å². The molecule has 0 bridgehead atoms. The second-order valence-corrected chi connectivity index (χ2v) is 8.04. The molecule has 8 nitrogen and oxygen atoms in total. The summed E-state index contributed by atoms with van der Waals surface area (Å²) >= 11 is 2.57. The number of nitrogens with zero attached hydrogens (tertiary/aromatic N) is 5. The summed E-state index contributed by atoms with van der Waals surface area (Å²) in [5.41, 5.74) is 0.883. The van der Waals surface area contributed by atoms with Crippen LogP contribution in [0, 0.1) is 12.7 Å². The molecule has 0 radical (unpaired) electrons. The molecule has 0 aliphatic carbocycles. The number of thiazole rings is 2. The van der Waals surface area contributed by atoms with E-state index in [2.05, 4.69) is 20.4 Å². The Labute approximate surface area is 172 Å². The number of hydrogen-bond acceptors (Lipinski definition) is 7. The molecule has 1 aromatic carbocycles. The third-order valence-electron chi connectivity index (χ3n) is 4.06. The topological polar surface area (TPSA) is 94.7 Å². The van der Waals surface area contributed by atoms with Crippen molar-refractivity contribution in [3.8, 4) is 5.13 Å². The van der Waals surface area contributed by atoms with Gasteiger partial charge in [-0.1, -0.05) is 23.5 Å². The van der Waals surface area contributed by atoms with Gasteiger partial charge < -0.3 is 5.32 Å². The number of rotatable bonds is 6. The quantitative estimate of drug-likeness (QED) is 0.507. The van der Waals surface area contributed by atoms with E-state index >= 15 is 0 Å². The summed E-state index contributed by atoms with van der Waals surface area (Å²) in [6.07, 6.45) is 3.04. The van der Waals surface area contributed by atoms with Crippen molar-refractivity contribution in [2.75, 3.05) is 0 Å². The van der Waals surface area contributed by atoms with Crippen LogP contribution in [0.1, 0.15) is 25.9 Å². The second kappa shape index (κ2) is 8.05. The Kier molecular flexibility index (Phi) is 5.32. The Balaban J connectivity index is 1.52. The number of amides is 1. The number of aromatic nitrogens is 5. The fraction of sp³-hybridized carbons (Fsp3) is 0.167. The SMILES string of the molecule is Cc1nc(-n2cnn(Cc3ccc(F)cc3)c2=O)sc1C(=O)NCc1nccs1. The summed E-state index contributed by atoms with van der Waals surface area (Å²) in [5, 5.41) is 9.90. The van der Waals surface area contributed by atoms with Crippen molar-refractivity contribution in [3.05, 3.63) is 79.6 Å². The van der Waals surface area contributed by atoms with E-state index in [0.717, 1.165) is 21.9 Å². The molecule has 4 rings (SSSR count). The maximum atomic E-state index is 13.0. The van der Waals surface area contributed by atoms with Crippen LogP contribution in [0.25, 0.3) is 5.13 Å². The molecule has 3 heterocycles. The smallest absolute Gasteiger partial charge is 0.345 e. The monoisotopic (exact) mass is 430 g/mol. The van der Waals surface area contributed by atoms with Gasteiger partial charge in [0.25, 0.3) is 5.91 Å². The highest BCUT2D eigenvalue weighted by Crippen LogP contribution is 2.20. The van der Waals surface area contributed by atoms with Gasteiger partial charge in [0.15, 0.2) is 5.13 Å². The van der Waals surface area contributed by atoms with E-state index < -0.39 is 5.69 Å². The lowest BCUT2D eigenvalue weighted by molar-refractivity contribution is 0.0954. The summed E-state index contributed by atoms with van der Waals surface area (Å²) < 4.78 is 15.6. The summed E-state index contributed by atoms with van der Waals surface area (Å²) in [5.74, 6) is -0.612. The summed E-state index contributed by atoms with van der Waals surface area (Å²) in [6, 6.07) is 5.86. The van der Waals surface area contributed by atoms with E-state index in [1.165, 1.54) is 39.0 Å². The van der Waals surface area contributed by atoms with Crippen LogP contribution in [-0.2, 0) is 13.1 Å². The van der Waals surface area contributed by atoms with Crippen LogP contribution in [0.5, 0.6) is 0 Å². The van der Waals surface area contributed by atoms with Gasteiger partial charge in [-0.3, -0.25) is 4.79 Å². The second-order valence-electron chi connectivity index (χ2n) is 6.09. The van der Waals surface area contributed by atoms with Gasteiger partial charge in [0.1, 0.15) is 22.0 Å². The van der Waals surface area contributed by atoms with Crippen LogP contribution in [0.4, 0.5) is 4.39 Å². The lowest BCUT2D eigenvalue weighted by atomic mass is 10.2. The van der Waals surface area contributed by atoms with Crippen LogP contribution < -0.4 is 11.0 Å². The number of aryl methyl sites for hydroxylation is 1. The molecule has 0 saturated carbocycles. The first-order chi connectivity index (χ1) is 14.0. The zero-order valence-electron chi connectivity index (χ0n) is 15.2. The zero-order chi connectivity index (χ0) is 20.4. The van der Waals surface area contributed by atoms with Gasteiger partial charge in [-0.25, -0.2) is 28.4 Å². The average molecular weight is 430 g/mol. The third kappa shape index (κ3) is 4.15. The molecular weight excluding hydrogens is 415 g/mol. The number of benzene rings is 1. The van der Waals surface area contributed by atoms with Crippen molar-refractivity contribution < 1.29 is 9.18 Å². The Morgan fingerprint density at radius 1 is 1.28 bits per heavy atom. The van der Waals surface area contributed by atoms with Gasteiger partial charge in [0.05, 0.1) is 18.8 Å². The van der Waals surface area contributed by atoms with E-state index in [9.17, 15) is 14.0 Å². The van der Waals surface area contributed by atoms with E-state index in [4.69, 9.17) is 0 Å². The van der Waals surface area contributed by atoms with Crippen molar-refractivity contribution in [2.24, 2.45) is 0 Å². The van der Waals surface area contributed by atoms with E-state index in [1.807, 2.05) is 5.38 Å². The Morgan fingerprint density at radius 2 is 2.07 bits per heavy atom. The predicted molar refractivity (Wildman–Crippen MR) is 107 cm³/mol. The molecule has 0 spiro atoms. The average Bonchev–Trinajstić information content (AvgIpc) is 3.43. The van der Waals surface area contributed by atoms with Gasteiger partial charge in [-0.05, 0) is 24.6 Å². The number of nitrogens with one attached hydrogen (secondary N) is 1. The summed E-state index contributed by atoms with van der Waals surface area (Å²) in [6.45, 7) is 2.25. The predicted octanol–water partition coefficient (Wildman–Crippen LogP) is 2.37. The Morgan fingerprint density at radius 3 is 2.79 bits per heavy atom. The van der Waals surface area contributed by atoms with Crippen LogP contribution >= 0.6 is 22.7 Å². The maximum Gasteiger partial charge on any atom is 0.352 e. The first-order valence-electron chi connectivity index (χ1n) is 8.54. The highest BCUT2D eigenvalue weighted by atomic mass is 32.1. The molecule has 1 N–H and O–H groups in total. The molecule has 11 heteroatoms. The highest BCUT2D eigenvalue weighted by Gasteiger charge is 2.18. The van der Waals surface area contributed by atoms with Gasteiger partial charge in [0.2, 0.25) is 0 Å². The molecule has 0 fully saturated rings. The Bertz CT molecular complexity index is 1190. The molecule has 4 aromatic rings. The molecule has 29 heavy (non-hydrogen) atoms. The summed E-state index contributed by atoms with van der Waals surface area (Å²) in [7, 11) is 0. The van der Waals surface area contributed by atoms with Crippen LogP contribution in [-0.4, -0.2) is 30.2 Å². The normalized spacial score (nSPS) is 11.0. The molecule has 148 valence electrons. The van der Waals surface area contributed by atoms with Crippen molar-refractivity contribution in [1.29, 1.82) is 0 Å². The van der Waals surface area contributed by atoms with Gasteiger partial charge >= 0.3 is 5.69 Å². The van der Waals surface area contributed by atoms with Gasteiger partial charge in [-0.2, -0.15) is 5.10 Å². The molecule has 0 atom stereocenters. The zero-order valence-corrected chi connectivity index (χ0v) is 16.8. The number of carbonyl (C=O) groups excluding carboxylic acids is 1. The number of carbonyl (C=O) groups is 1.